The second-order valence-corrected chi connectivity index (χ2v) is 4.64. The number of fused-ring (bicyclic) bond motifs is 1. The molecule has 0 spiro atoms. The van der Waals surface area contributed by atoms with Crippen molar-refractivity contribution in [2.24, 2.45) is 0 Å². The molecule has 0 aliphatic heterocycles. The fourth-order valence-electron chi connectivity index (χ4n) is 2.24. The van der Waals surface area contributed by atoms with E-state index in [0.29, 0.717) is 5.52 Å². The van der Waals surface area contributed by atoms with E-state index >= 15 is 0 Å². The zero-order chi connectivity index (χ0) is 14.1. The number of imidazole rings is 1. The number of aryl methyl sites for hydroxylation is 1. The molecule has 0 saturated carbocycles. The van der Waals surface area contributed by atoms with Crippen LogP contribution in [0.3, 0.4) is 0 Å². The normalized spacial score (nSPS) is 10.8. The fourth-order valence-corrected chi connectivity index (χ4v) is 2.24. The third kappa shape index (κ3) is 2.05. The Morgan fingerprint density at radius 3 is 2.60 bits per heavy atom. The van der Waals surface area contributed by atoms with Crippen molar-refractivity contribution in [1.29, 1.82) is 0 Å². The van der Waals surface area contributed by atoms with Gasteiger partial charge in [-0.2, -0.15) is 0 Å². The van der Waals surface area contributed by atoms with Gasteiger partial charge in [-0.05, 0) is 42.3 Å². The van der Waals surface area contributed by atoms with Gasteiger partial charge in [0, 0.05) is 5.69 Å². The molecule has 0 aliphatic carbocycles. The summed E-state index contributed by atoms with van der Waals surface area (Å²) in [5.74, 6) is -0.936. The minimum absolute atomic E-state index is 0.254. The van der Waals surface area contributed by atoms with Crippen molar-refractivity contribution in [1.82, 2.24) is 9.55 Å². The highest BCUT2D eigenvalue weighted by atomic mass is 16.4. The first-order valence-electron chi connectivity index (χ1n) is 6.49. The molecule has 0 saturated heterocycles. The van der Waals surface area contributed by atoms with Crippen LogP contribution in [0, 0.1) is 0 Å². The van der Waals surface area contributed by atoms with E-state index in [1.165, 1.54) is 5.56 Å². The van der Waals surface area contributed by atoms with Gasteiger partial charge in [-0.3, -0.25) is 4.57 Å². The quantitative estimate of drug-likeness (QED) is 0.791. The summed E-state index contributed by atoms with van der Waals surface area (Å²) in [6, 6.07) is 13.3. The molecular weight excluding hydrogens is 252 g/mol. The van der Waals surface area contributed by atoms with E-state index in [2.05, 4.69) is 24.0 Å². The summed E-state index contributed by atoms with van der Waals surface area (Å²) in [7, 11) is 0. The Kier molecular flexibility index (Phi) is 2.99. The molecule has 4 nitrogen and oxygen atoms in total. The molecule has 20 heavy (non-hydrogen) atoms. The van der Waals surface area contributed by atoms with Gasteiger partial charge in [-0.15, -0.1) is 0 Å². The molecule has 3 aromatic rings. The van der Waals surface area contributed by atoms with Crippen LogP contribution in [0.25, 0.3) is 16.7 Å². The molecule has 0 unspecified atom stereocenters. The minimum Gasteiger partial charge on any atom is -0.478 e. The first kappa shape index (κ1) is 12.4. The summed E-state index contributed by atoms with van der Waals surface area (Å²) in [4.78, 5) is 15.2. The van der Waals surface area contributed by atoms with Gasteiger partial charge in [-0.25, -0.2) is 9.78 Å². The molecule has 100 valence electrons. The Labute approximate surface area is 116 Å². The van der Waals surface area contributed by atoms with Crippen LogP contribution in [0.1, 0.15) is 22.8 Å². The van der Waals surface area contributed by atoms with Crippen LogP contribution in [0.15, 0.2) is 48.8 Å². The van der Waals surface area contributed by atoms with Crippen LogP contribution >= 0.6 is 0 Å². The van der Waals surface area contributed by atoms with Crippen molar-refractivity contribution in [3.63, 3.8) is 0 Å². The third-order valence-electron chi connectivity index (χ3n) is 3.42. The average Bonchev–Trinajstić information content (AvgIpc) is 2.90. The summed E-state index contributed by atoms with van der Waals surface area (Å²) in [6.07, 6.45) is 2.73. The first-order valence-corrected chi connectivity index (χ1v) is 6.49. The Hall–Kier alpha value is -2.62. The van der Waals surface area contributed by atoms with Crippen LogP contribution in [0.5, 0.6) is 0 Å². The van der Waals surface area contributed by atoms with Crippen molar-refractivity contribution < 1.29 is 9.90 Å². The number of carboxylic acids is 1. The van der Waals surface area contributed by atoms with Crippen molar-refractivity contribution in [3.8, 4) is 5.69 Å². The van der Waals surface area contributed by atoms with Gasteiger partial charge in [0.25, 0.3) is 0 Å². The number of hydrogen-bond donors (Lipinski definition) is 1. The number of carboxylic acid groups (broad SMARTS) is 1. The highest BCUT2D eigenvalue weighted by Crippen LogP contribution is 2.20. The van der Waals surface area contributed by atoms with Crippen molar-refractivity contribution in [3.05, 3.63) is 59.9 Å². The summed E-state index contributed by atoms with van der Waals surface area (Å²) in [6.45, 7) is 2.12. The van der Waals surface area contributed by atoms with Crippen LogP contribution in [0.4, 0.5) is 0 Å². The molecule has 0 atom stereocenters. The van der Waals surface area contributed by atoms with Crippen LogP contribution in [-0.4, -0.2) is 20.6 Å². The predicted molar refractivity (Wildman–Crippen MR) is 77.4 cm³/mol. The zero-order valence-corrected chi connectivity index (χ0v) is 11.1. The Morgan fingerprint density at radius 2 is 1.95 bits per heavy atom. The summed E-state index contributed by atoms with van der Waals surface area (Å²) in [5, 5.41) is 8.99. The molecule has 0 amide bonds. The van der Waals surface area contributed by atoms with Crippen molar-refractivity contribution in [2.45, 2.75) is 13.3 Å². The monoisotopic (exact) mass is 266 g/mol. The van der Waals surface area contributed by atoms with Crippen LogP contribution in [0.2, 0.25) is 0 Å². The second-order valence-electron chi connectivity index (χ2n) is 4.64. The fraction of sp³-hybridized carbons (Fsp3) is 0.125. The smallest absolute Gasteiger partial charge is 0.335 e. The van der Waals surface area contributed by atoms with Gasteiger partial charge < -0.3 is 5.11 Å². The predicted octanol–water partition coefficient (Wildman–Crippen LogP) is 3.29. The molecule has 1 N–H and O–H groups in total. The summed E-state index contributed by atoms with van der Waals surface area (Å²) < 4.78 is 1.96. The van der Waals surface area contributed by atoms with Gasteiger partial charge in [0.2, 0.25) is 0 Å². The summed E-state index contributed by atoms with van der Waals surface area (Å²) in [5.41, 5.74) is 4.15. The molecule has 1 aromatic heterocycles. The van der Waals surface area contributed by atoms with Gasteiger partial charge >= 0.3 is 5.97 Å². The number of hydrogen-bond acceptors (Lipinski definition) is 2. The van der Waals surface area contributed by atoms with Gasteiger partial charge in [0.15, 0.2) is 0 Å². The molecule has 1 heterocycles. The number of nitrogens with zero attached hydrogens (tertiary/aromatic N) is 2. The van der Waals surface area contributed by atoms with E-state index in [9.17, 15) is 4.79 Å². The first-order chi connectivity index (χ1) is 9.69. The molecule has 4 heteroatoms. The van der Waals surface area contributed by atoms with Crippen LogP contribution in [-0.2, 0) is 6.42 Å². The molecule has 0 radical (unpaired) electrons. The molecule has 3 rings (SSSR count). The second kappa shape index (κ2) is 4.81. The molecule has 0 fully saturated rings. The maximum Gasteiger partial charge on any atom is 0.335 e. The van der Waals surface area contributed by atoms with E-state index < -0.39 is 5.97 Å². The number of carbonyl (C=O) groups is 1. The standard InChI is InChI=1S/C16H14N2O2/c1-2-11-3-6-13(7-4-11)18-10-17-14-9-12(16(19)20)5-8-15(14)18/h3-10H,2H2,1H3,(H,19,20). The van der Waals surface area contributed by atoms with Gasteiger partial charge in [-0.1, -0.05) is 19.1 Å². The maximum atomic E-state index is 11.0. The largest absolute Gasteiger partial charge is 0.478 e. The average molecular weight is 266 g/mol. The minimum atomic E-state index is -0.936. The van der Waals surface area contributed by atoms with E-state index in [-0.39, 0.29) is 5.56 Å². The molecule has 2 aromatic carbocycles. The molecule has 0 bridgehead atoms. The van der Waals surface area contributed by atoms with E-state index in [4.69, 9.17) is 5.11 Å². The summed E-state index contributed by atoms with van der Waals surface area (Å²) >= 11 is 0. The maximum absolute atomic E-state index is 11.0. The number of aromatic nitrogens is 2. The Bertz CT molecular complexity index is 773. The highest BCUT2D eigenvalue weighted by molar-refractivity contribution is 5.92. The molecule has 0 aliphatic rings. The van der Waals surface area contributed by atoms with Crippen molar-refractivity contribution in [2.75, 3.05) is 0 Å². The highest BCUT2D eigenvalue weighted by Gasteiger charge is 2.08. The third-order valence-corrected chi connectivity index (χ3v) is 3.42. The lowest BCUT2D eigenvalue weighted by Crippen LogP contribution is -1.96. The number of benzene rings is 2. The molecular formula is C16H14N2O2. The SMILES string of the molecule is CCc1ccc(-n2cnc3cc(C(=O)O)ccc32)cc1. The lowest BCUT2D eigenvalue weighted by Gasteiger charge is -2.05. The Morgan fingerprint density at radius 1 is 1.20 bits per heavy atom. The lowest BCUT2D eigenvalue weighted by atomic mass is 10.1. The van der Waals surface area contributed by atoms with Gasteiger partial charge in [0.1, 0.15) is 6.33 Å². The van der Waals surface area contributed by atoms with E-state index in [1.807, 2.05) is 16.7 Å². The van der Waals surface area contributed by atoms with Crippen LogP contribution < -0.4 is 0 Å². The van der Waals surface area contributed by atoms with E-state index in [0.717, 1.165) is 17.6 Å². The lowest BCUT2D eigenvalue weighted by molar-refractivity contribution is 0.0697. The van der Waals surface area contributed by atoms with E-state index in [1.54, 1.807) is 24.5 Å². The zero-order valence-electron chi connectivity index (χ0n) is 11.1. The van der Waals surface area contributed by atoms with Gasteiger partial charge in [0.05, 0.1) is 16.6 Å². The number of aromatic carboxylic acids is 1. The van der Waals surface area contributed by atoms with Crippen molar-refractivity contribution >= 4 is 17.0 Å². The Balaban J connectivity index is 2.09. The topological polar surface area (TPSA) is 55.1 Å². The number of rotatable bonds is 3.